The Bertz CT molecular complexity index is 1060. The number of benzene rings is 2. The number of halogens is 1. The largest absolute Gasteiger partial charge is 0.453 e. The number of piperidine rings is 1. The number of amides is 2. The van der Waals surface area contributed by atoms with Crippen molar-refractivity contribution in [2.24, 2.45) is 11.7 Å². The Hall–Kier alpha value is -2.97. The maximum atomic E-state index is 15.5. The topological polar surface area (TPSA) is 105 Å². The van der Waals surface area contributed by atoms with Crippen molar-refractivity contribution in [1.82, 2.24) is 10.2 Å². The lowest BCUT2D eigenvalue weighted by molar-refractivity contribution is -0.136. The number of rotatable bonds is 11. The third-order valence-corrected chi connectivity index (χ3v) is 7.34. The van der Waals surface area contributed by atoms with E-state index in [1.165, 1.54) is 13.2 Å². The van der Waals surface area contributed by atoms with Crippen LogP contribution < -0.4 is 11.1 Å². The van der Waals surface area contributed by atoms with Crippen LogP contribution in [0.1, 0.15) is 56.6 Å². The first-order chi connectivity index (χ1) is 17.8. The number of likely N-dealkylation sites (tertiary alicyclic amines) is 1. The number of carbonyl (C=O) groups excluding carboxylic acids is 2. The maximum Gasteiger partial charge on any atom is 0.406 e. The minimum atomic E-state index is -1.41. The van der Waals surface area contributed by atoms with Crippen LogP contribution in [-0.2, 0) is 21.6 Å². The molecule has 1 fully saturated rings. The number of carbonyl (C=O) groups is 2. The summed E-state index contributed by atoms with van der Waals surface area (Å²) in [6.07, 6.45) is 3.45. The van der Waals surface area contributed by atoms with Crippen LogP contribution >= 0.6 is 0 Å². The summed E-state index contributed by atoms with van der Waals surface area (Å²) in [5, 5.41) is 15.1. The van der Waals surface area contributed by atoms with Crippen molar-refractivity contribution < 1.29 is 23.8 Å². The minimum absolute atomic E-state index is 0.0278. The first-order valence-corrected chi connectivity index (χ1v) is 13.2. The van der Waals surface area contributed by atoms with E-state index in [0.717, 1.165) is 18.4 Å². The second-order valence-electron chi connectivity index (χ2n) is 9.73. The standard InChI is InChI=1S/C29H40FN3O4/c1-3-21-9-4-10-22(19-21)27-24(12-5-13-25(27)30)29(36,15-8-17-32-28(35)37-2)23-11-7-18-33(20-23)26(34)14-6-16-31/h4-5,9-10,12-13,19,23,36H,3,6-8,11,14-18,20,31H2,1-2H3,(H,32,35)/t23-,29+/m1/s1. The van der Waals surface area contributed by atoms with Crippen molar-refractivity contribution in [1.29, 1.82) is 0 Å². The molecule has 8 heteroatoms. The number of nitrogens with one attached hydrogen (secondary N) is 1. The molecule has 1 saturated heterocycles. The lowest BCUT2D eigenvalue weighted by Crippen LogP contribution is -2.48. The zero-order valence-corrected chi connectivity index (χ0v) is 22.0. The van der Waals surface area contributed by atoms with Gasteiger partial charge in [-0.15, -0.1) is 0 Å². The molecule has 202 valence electrons. The van der Waals surface area contributed by atoms with E-state index in [1.54, 1.807) is 17.0 Å². The third kappa shape index (κ3) is 7.08. The van der Waals surface area contributed by atoms with Crippen LogP contribution in [-0.4, -0.2) is 55.3 Å². The van der Waals surface area contributed by atoms with Crippen molar-refractivity contribution in [3.8, 4) is 11.1 Å². The molecule has 2 atom stereocenters. The number of aryl methyl sites for hydroxylation is 1. The summed E-state index contributed by atoms with van der Waals surface area (Å²) in [6.45, 7) is 3.81. The fraction of sp³-hybridized carbons (Fsp3) is 0.517. The minimum Gasteiger partial charge on any atom is -0.453 e. The van der Waals surface area contributed by atoms with Gasteiger partial charge in [-0.1, -0.05) is 43.3 Å². The summed E-state index contributed by atoms with van der Waals surface area (Å²) in [4.78, 5) is 26.2. The summed E-state index contributed by atoms with van der Waals surface area (Å²) < 4.78 is 20.1. The van der Waals surface area contributed by atoms with Gasteiger partial charge in [0, 0.05) is 37.5 Å². The molecule has 37 heavy (non-hydrogen) atoms. The number of hydrogen-bond acceptors (Lipinski definition) is 5. The van der Waals surface area contributed by atoms with Crippen molar-refractivity contribution in [2.45, 2.75) is 57.5 Å². The Morgan fingerprint density at radius 1 is 1.24 bits per heavy atom. The van der Waals surface area contributed by atoms with Crippen LogP contribution in [0.3, 0.4) is 0 Å². The molecule has 0 aliphatic carbocycles. The van der Waals surface area contributed by atoms with Gasteiger partial charge in [-0.2, -0.15) is 0 Å². The first kappa shape index (κ1) is 28.6. The normalized spacial score (nSPS) is 17.2. The van der Waals surface area contributed by atoms with Crippen LogP contribution in [0.25, 0.3) is 11.1 Å². The molecule has 2 aromatic rings. The Labute approximate surface area is 219 Å². The van der Waals surface area contributed by atoms with Gasteiger partial charge in [0.25, 0.3) is 0 Å². The number of methoxy groups -OCH3 is 1. The van der Waals surface area contributed by atoms with Gasteiger partial charge in [-0.3, -0.25) is 4.79 Å². The molecule has 0 saturated carbocycles. The monoisotopic (exact) mass is 513 g/mol. The average Bonchev–Trinajstić information content (AvgIpc) is 2.93. The predicted octanol–water partition coefficient (Wildman–Crippen LogP) is 4.36. The van der Waals surface area contributed by atoms with E-state index in [2.05, 4.69) is 10.1 Å². The van der Waals surface area contributed by atoms with Crippen molar-refractivity contribution in [2.75, 3.05) is 33.3 Å². The molecular weight excluding hydrogens is 473 g/mol. The molecule has 4 N–H and O–H groups in total. The lowest BCUT2D eigenvalue weighted by Gasteiger charge is -2.43. The molecule has 1 aliphatic heterocycles. The molecule has 7 nitrogen and oxygen atoms in total. The number of aliphatic hydroxyl groups is 1. The second kappa shape index (κ2) is 13.5. The van der Waals surface area contributed by atoms with Crippen molar-refractivity contribution >= 4 is 12.0 Å². The molecule has 2 aromatic carbocycles. The number of nitrogens with zero attached hydrogens (tertiary/aromatic N) is 1. The smallest absolute Gasteiger partial charge is 0.406 e. The highest BCUT2D eigenvalue weighted by molar-refractivity contribution is 5.76. The van der Waals surface area contributed by atoms with Crippen molar-refractivity contribution in [3.63, 3.8) is 0 Å². The average molecular weight is 514 g/mol. The number of ether oxygens (including phenoxy) is 1. The lowest BCUT2D eigenvalue weighted by atomic mass is 9.72. The van der Waals surface area contributed by atoms with Gasteiger partial charge in [0.15, 0.2) is 0 Å². The SMILES string of the molecule is CCc1cccc(-c2c(F)cccc2[C@](O)(CCCNC(=O)OC)[C@@H]2CCCN(C(=O)CCCN)C2)c1. The van der Waals surface area contributed by atoms with Gasteiger partial charge in [0.1, 0.15) is 5.82 Å². The third-order valence-electron chi connectivity index (χ3n) is 7.34. The Morgan fingerprint density at radius 2 is 2.03 bits per heavy atom. The summed E-state index contributed by atoms with van der Waals surface area (Å²) in [5.41, 5.74) is 6.87. The zero-order chi connectivity index (χ0) is 26.8. The fourth-order valence-electron chi connectivity index (χ4n) is 5.31. The highest BCUT2D eigenvalue weighted by Crippen LogP contribution is 2.44. The van der Waals surface area contributed by atoms with Crippen LogP contribution in [0.15, 0.2) is 42.5 Å². The quantitative estimate of drug-likeness (QED) is 0.388. The Balaban J connectivity index is 2.01. The molecule has 2 amide bonds. The van der Waals surface area contributed by atoms with E-state index in [9.17, 15) is 14.7 Å². The van der Waals surface area contributed by atoms with Gasteiger partial charge in [0.2, 0.25) is 5.91 Å². The molecule has 0 aromatic heterocycles. The van der Waals surface area contributed by atoms with E-state index in [1.807, 2.05) is 31.2 Å². The number of hydrogen-bond donors (Lipinski definition) is 3. The highest BCUT2D eigenvalue weighted by Gasteiger charge is 2.43. The van der Waals surface area contributed by atoms with Gasteiger partial charge in [-0.05, 0) is 67.8 Å². The van der Waals surface area contributed by atoms with Gasteiger partial charge in [-0.25, -0.2) is 9.18 Å². The van der Waals surface area contributed by atoms with Gasteiger partial charge >= 0.3 is 6.09 Å². The van der Waals surface area contributed by atoms with E-state index in [4.69, 9.17) is 5.73 Å². The van der Waals surface area contributed by atoms with Crippen LogP contribution in [0.4, 0.5) is 9.18 Å². The van der Waals surface area contributed by atoms with Crippen LogP contribution in [0, 0.1) is 11.7 Å². The molecular formula is C29H40FN3O4. The van der Waals surface area contributed by atoms with E-state index < -0.39 is 17.5 Å². The molecule has 1 aliphatic rings. The van der Waals surface area contributed by atoms with Crippen molar-refractivity contribution in [3.05, 3.63) is 59.4 Å². The number of nitrogens with two attached hydrogens (primary N) is 1. The molecule has 0 bridgehead atoms. The summed E-state index contributed by atoms with van der Waals surface area (Å²) in [6, 6.07) is 12.6. The molecule has 0 radical (unpaired) electrons. The summed E-state index contributed by atoms with van der Waals surface area (Å²) >= 11 is 0. The van der Waals surface area contributed by atoms with Gasteiger partial charge in [0.05, 0.1) is 12.7 Å². The number of alkyl carbamates (subject to hydrolysis) is 1. The molecule has 0 unspecified atom stereocenters. The van der Waals surface area contributed by atoms with Gasteiger partial charge < -0.3 is 25.8 Å². The van der Waals surface area contributed by atoms with Crippen LogP contribution in [0.5, 0.6) is 0 Å². The second-order valence-corrected chi connectivity index (χ2v) is 9.73. The Morgan fingerprint density at radius 3 is 2.76 bits per heavy atom. The summed E-state index contributed by atoms with van der Waals surface area (Å²) in [5.74, 6) is -0.667. The van der Waals surface area contributed by atoms with E-state index >= 15 is 4.39 Å². The molecule has 0 spiro atoms. The zero-order valence-electron chi connectivity index (χ0n) is 22.0. The van der Waals surface area contributed by atoms with E-state index in [0.29, 0.717) is 68.6 Å². The Kier molecular flexibility index (Phi) is 10.5. The molecule has 1 heterocycles. The predicted molar refractivity (Wildman–Crippen MR) is 142 cm³/mol. The maximum absolute atomic E-state index is 15.5. The fourth-order valence-corrected chi connectivity index (χ4v) is 5.31. The highest BCUT2D eigenvalue weighted by atomic mass is 19.1. The first-order valence-electron chi connectivity index (χ1n) is 13.2. The van der Waals surface area contributed by atoms with E-state index in [-0.39, 0.29) is 18.2 Å². The molecule has 3 rings (SSSR count). The summed E-state index contributed by atoms with van der Waals surface area (Å²) in [7, 11) is 1.30. The van der Waals surface area contributed by atoms with Crippen LogP contribution in [0.2, 0.25) is 0 Å².